The average Bonchev–Trinajstić information content (AvgIpc) is 3.52. The van der Waals surface area contributed by atoms with Crippen molar-refractivity contribution in [2.24, 2.45) is 0 Å². The highest BCUT2D eigenvalue weighted by atomic mass is 32.2. The van der Waals surface area contributed by atoms with Crippen LogP contribution in [0.2, 0.25) is 0 Å². The summed E-state index contributed by atoms with van der Waals surface area (Å²) in [5.74, 6) is 1.34. The first-order chi connectivity index (χ1) is 19.1. The van der Waals surface area contributed by atoms with E-state index in [1.807, 2.05) is 85.8 Å². The molecule has 2 heterocycles. The molecule has 0 amide bonds. The average molecular weight is 539 g/mol. The lowest BCUT2D eigenvalue weighted by molar-refractivity contribution is 0.540. The predicted molar refractivity (Wildman–Crippen MR) is 156 cm³/mol. The number of hydrogen-bond donors (Lipinski definition) is 1. The minimum absolute atomic E-state index is 0.226. The maximum absolute atomic E-state index is 13.7. The van der Waals surface area contributed by atoms with E-state index in [0.29, 0.717) is 30.9 Å². The quantitative estimate of drug-likeness (QED) is 0.187. The van der Waals surface area contributed by atoms with E-state index >= 15 is 0 Å². The standard InChI is InChI=1S/C30H30N6O2S/c1-3-18-35-28(37)26(23-10-6-5-7-11-23)29(39-19-4-2)36(30(35)38)20-21-14-16-22(17-15-21)24-12-8-9-13-25(24)27-31-33-34-32-27/h5-17H,3-4,18-20H2,1-2H3,(H,31,32,33,34). The molecule has 8 nitrogen and oxygen atoms in total. The van der Waals surface area contributed by atoms with E-state index in [1.165, 1.54) is 4.57 Å². The Morgan fingerprint density at radius 3 is 2.18 bits per heavy atom. The van der Waals surface area contributed by atoms with Gasteiger partial charge in [0.1, 0.15) is 0 Å². The lowest BCUT2D eigenvalue weighted by Crippen LogP contribution is -2.42. The maximum Gasteiger partial charge on any atom is 0.332 e. The molecule has 0 spiro atoms. The first-order valence-corrected chi connectivity index (χ1v) is 14.1. The number of aromatic nitrogens is 6. The normalized spacial score (nSPS) is 11.1. The van der Waals surface area contributed by atoms with E-state index in [1.54, 1.807) is 16.3 Å². The summed E-state index contributed by atoms with van der Waals surface area (Å²) >= 11 is 1.57. The predicted octanol–water partition coefficient (Wildman–Crippen LogP) is 5.48. The van der Waals surface area contributed by atoms with Crippen LogP contribution >= 0.6 is 11.8 Å². The van der Waals surface area contributed by atoms with Gasteiger partial charge in [0.2, 0.25) is 5.82 Å². The van der Waals surface area contributed by atoms with Crippen LogP contribution in [0.1, 0.15) is 32.3 Å². The molecule has 0 atom stereocenters. The molecule has 0 saturated heterocycles. The van der Waals surface area contributed by atoms with Gasteiger partial charge in [0.05, 0.1) is 17.1 Å². The first-order valence-electron chi connectivity index (χ1n) is 13.1. The monoisotopic (exact) mass is 538 g/mol. The Kier molecular flexibility index (Phi) is 8.17. The number of hydrogen-bond acceptors (Lipinski definition) is 6. The van der Waals surface area contributed by atoms with Crippen LogP contribution in [0.4, 0.5) is 0 Å². The zero-order chi connectivity index (χ0) is 27.2. The topological polar surface area (TPSA) is 98.5 Å². The minimum Gasteiger partial charge on any atom is -0.283 e. The zero-order valence-corrected chi connectivity index (χ0v) is 22.8. The fourth-order valence-electron chi connectivity index (χ4n) is 4.62. The van der Waals surface area contributed by atoms with Gasteiger partial charge in [-0.25, -0.2) is 4.79 Å². The molecular weight excluding hydrogens is 508 g/mol. The number of tetrazole rings is 1. The number of H-pyrrole nitrogens is 1. The van der Waals surface area contributed by atoms with Crippen molar-refractivity contribution in [1.29, 1.82) is 0 Å². The number of benzene rings is 3. The van der Waals surface area contributed by atoms with Gasteiger partial charge in [0.15, 0.2) is 0 Å². The molecule has 0 aliphatic rings. The third-order valence-electron chi connectivity index (χ3n) is 6.45. The summed E-state index contributed by atoms with van der Waals surface area (Å²) in [4.78, 5) is 27.3. The molecule has 39 heavy (non-hydrogen) atoms. The van der Waals surface area contributed by atoms with E-state index in [0.717, 1.165) is 45.0 Å². The highest BCUT2D eigenvalue weighted by molar-refractivity contribution is 7.99. The molecular formula is C30H30N6O2S. The number of nitrogens with zero attached hydrogens (tertiary/aromatic N) is 5. The van der Waals surface area contributed by atoms with Gasteiger partial charge in [-0.1, -0.05) is 92.7 Å². The van der Waals surface area contributed by atoms with E-state index in [9.17, 15) is 9.59 Å². The molecule has 0 saturated carbocycles. The molecule has 0 bridgehead atoms. The van der Waals surface area contributed by atoms with Crippen LogP contribution in [0.3, 0.4) is 0 Å². The van der Waals surface area contributed by atoms with Gasteiger partial charge in [0.25, 0.3) is 5.56 Å². The van der Waals surface area contributed by atoms with Crippen LogP contribution in [0.25, 0.3) is 33.6 Å². The Morgan fingerprint density at radius 2 is 1.51 bits per heavy atom. The maximum atomic E-state index is 13.7. The van der Waals surface area contributed by atoms with Gasteiger partial charge in [-0.3, -0.25) is 13.9 Å². The lowest BCUT2D eigenvalue weighted by Gasteiger charge is -2.19. The van der Waals surface area contributed by atoms with Gasteiger partial charge < -0.3 is 0 Å². The molecule has 198 valence electrons. The Hall–Kier alpha value is -4.24. The molecule has 1 N–H and O–H groups in total. The fraction of sp³-hybridized carbons (Fsp3) is 0.233. The van der Waals surface area contributed by atoms with Crippen LogP contribution in [-0.4, -0.2) is 35.5 Å². The van der Waals surface area contributed by atoms with E-state index in [4.69, 9.17) is 0 Å². The van der Waals surface area contributed by atoms with Gasteiger partial charge in [-0.2, -0.15) is 5.21 Å². The Morgan fingerprint density at radius 1 is 0.795 bits per heavy atom. The van der Waals surface area contributed by atoms with Crippen molar-refractivity contribution in [3.05, 3.63) is 105 Å². The van der Waals surface area contributed by atoms with Crippen molar-refractivity contribution < 1.29 is 0 Å². The third-order valence-corrected chi connectivity index (χ3v) is 7.76. The molecule has 0 fully saturated rings. The summed E-state index contributed by atoms with van der Waals surface area (Å²) in [5, 5.41) is 15.2. The molecule has 0 aliphatic carbocycles. The fourth-order valence-corrected chi connectivity index (χ4v) is 5.67. The summed E-state index contributed by atoms with van der Waals surface area (Å²) in [7, 11) is 0. The van der Waals surface area contributed by atoms with Gasteiger partial charge >= 0.3 is 5.69 Å². The highest BCUT2D eigenvalue weighted by Gasteiger charge is 2.21. The van der Waals surface area contributed by atoms with Crippen LogP contribution in [0.15, 0.2) is 93.5 Å². The molecule has 0 radical (unpaired) electrons. The lowest BCUT2D eigenvalue weighted by atomic mass is 9.98. The molecule has 3 aromatic carbocycles. The van der Waals surface area contributed by atoms with Crippen molar-refractivity contribution in [2.45, 2.75) is 44.8 Å². The summed E-state index contributed by atoms with van der Waals surface area (Å²) in [6, 6.07) is 25.7. The number of thioether (sulfide) groups is 1. The van der Waals surface area contributed by atoms with Crippen molar-refractivity contribution in [3.8, 4) is 33.6 Å². The summed E-state index contributed by atoms with van der Waals surface area (Å²) in [6.07, 6.45) is 1.62. The number of nitrogens with one attached hydrogen (secondary N) is 1. The summed E-state index contributed by atoms with van der Waals surface area (Å²) < 4.78 is 3.15. The van der Waals surface area contributed by atoms with E-state index in [-0.39, 0.29) is 11.2 Å². The van der Waals surface area contributed by atoms with Crippen molar-refractivity contribution in [1.82, 2.24) is 29.8 Å². The SMILES string of the molecule is CCCSc1c(-c2ccccc2)c(=O)n(CCC)c(=O)n1Cc1ccc(-c2ccccc2-c2nn[nH]n2)cc1. The Bertz CT molecular complexity index is 1660. The van der Waals surface area contributed by atoms with Crippen LogP contribution in [-0.2, 0) is 13.1 Å². The second-order valence-corrected chi connectivity index (χ2v) is 10.3. The van der Waals surface area contributed by atoms with Crippen LogP contribution in [0.5, 0.6) is 0 Å². The van der Waals surface area contributed by atoms with Gasteiger partial charge in [-0.05, 0) is 46.1 Å². The molecule has 0 aliphatic heterocycles. The third kappa shape index (κ3) is 5.49. The minimum atomic E-state index is -0.272. The number of aromatic amines is 1. The van der Waals surface area contributed by atoms with Crippen molar-refractivity contribution in [3.63, 3.8) is 0 Å². The van der Waals surface area contributed by atoms with Gasteiger partial charge in [-0.15, -0.1) is 22.0 Å². The van der Waals surface area contributed by atoms with Crippen molar-refractivity contribution in [2.75, 3.05) is 5.75 Å². The second-order valence-electron chi connectivity index (χ2n) is 9.20. The second kappa shape index (κ2) is 12.1. The largest absolute Gasteiger partial charge is 0.332 e. The number of rotatable bonds is 10. The van der Waals surface area contributed by atoms with Crippen LogP contribution < -0.4 is 11.2 Å². The highest BCUT2D eigenvalue weighted by Crippen LogP contribution is 2.31. The molecule has 2 aromatic heterocycles. The Balaban J connectivity index is 1.59. The van der Waals surface area contributed by atoms with E-state index in [2.05, 4.69) is 27.5 Å². The van der Waals surface area contributed by atoms with E-state index < -0.39 is 0 Å². The Labute approximate surface area is 230 Å². The summed E-state index contributed by atoms with van der Waals surface area (Å²) in [5.41, 5.74) is 4.77. The molecule has 0 unspecified atom stereocenters. The van der Waals surface area contributed by atoms with Crippen LogP contribution in [0, 0.1) is 0 Å². The smallest absolute Gasteiger partial charge is 0.283 e. The van der Waals surface area contributed by atoms with Gasteiger partial charge in [0, 0.05) is 12.1 Å². The molecule has 5 rings (SSSR count). The molecule has 5 aromatic rings. The zero-order valence-electron chi connectivity index (χ0n) is 22.0. The first kappa shape index (κ1) is 26.4. The summed E-state index contributed by atoms with van der Waals surface area (Å²) in [6.45, 7) is 4.81. The van der Waals surface area contributed by atoms with Crippen molar-refractivity contribution >= 4 is 11.8 Å². The molecule has 9 heteroatoms.